The van der Waals surface area contributed by atoms with Crippen LogP contribution < -0.4 is 20.1 Å². The Morgan fingerprint density at radius 2 is 1.67 bits per heavy atom. The van der Waals surface area contributed by atoms with E-state index in [0.29, 0.717) is 22.2 Å². The van der Waals surface area contributed by atoms with Crippen LogP contribution in [-0.4, -0.2) is 57.2 Å². The SMILES string of the molecule is COc1cc(OC)c(N(C(=O)n2nnn(-c3c(F)cccc3F)c2=O)C2CCCCC2)cc1C(=O)O. The lowest BCUT2D eigenvalue weighted by atomic mass is 9.93. The van der Waals surface area contributed by atoms with Gasteiger partial charge in [0.25, 0.3) is 0 Å². The molecule has 1 aromatic heterocycles. The molecule has 1 saturated carbocycles. The summed E-state index contributed by atoms with van der Waals surface area (Å²) in [6.45, 7) is 0. The molecule has 0 radical (unpaired) electrons. The number of hydrogen-bond acceptors (Lipinski definition) is 7. The van der Waals surface area contributed by atoms with Crippen LogP contribution in [0.15, 0.2) is 35.1 Å². The molecule has 0 unspecified atom stereocenters. The van der Waals surface area contributed by atoms with Crippen LogP contribution in [0.25, 0.3) is 5.69 Å². The highest BCUT2D eigenvalue weighted by atomic mass is 19.1. The molecule has 1 heterocycles. The monoisotopic (exact) mass is 503 g/mol. The van der Waals surface area contributed by atoms with Gasteiger partial charge in [-0.3, -0.25) is 4.90 Å². The summed E-state index contributed by atoms with van der Waals surface area (Å²) in [5.41, 5.74) is -2.13. The van der Waals surface area contributed by atoms with E-state index in [1.165, 1.54) is 31.3 Å². The van der Waals surface area contributed by atoms with Crippen LogP contribution in [0.3, 0.4) is 0 Å². The van der Waals surface area contributed by atoms with Gasteiger partial charge in [-0.2, -0.15) is 4.68 Å². The lowest BCUT2D eigenvalue weighted by Gasteiger charge is -2.34. The zero-order chi connectivity index (χ0) is 26.0. The second-order valence-corrected chi connectivity index (χ2v) is 8.13. The third kappa shape index (κ3) is 4.39. The summed E-state index contributed by atoms with van der Waals surface area (Å²) in [6, 6.07) is 4.14. The second kappa shape index (κ2) is 10.1. The van der Waals surface area contributed by atoms with Crippen molar-refractivity contribution in [3.63, 3.8) is 0 Å². The van der Waals surface area contributed by atoms with Crippen LogP contribution in [0.2, 0.25) is 0 Å². The van der Waals surface area contributed by atoms with Gasteiger partial charge >= 0.3 is 17.7 Å². The van der Waals surface area contributed by atoms with Crippen molar-refractivity contribution in [2.75, 3.05) is 19.1 Å². The third-order valence-corrected chi connectivity index (χ3v) is 6.05. The quantitative estimate of drug-likeness (QED) is 0.508. The third-order valence-electron chi connectivity index (χ3n) is 6.05. The first-order valence-electron chi connectivity index (χ1n) is 11.1. The number of hydrogen-bond donors (Lipinski definition) is 1. The molecule has 0 bridgehead atoms. The van der Waals surface area contributed by atoms with Gasteiger partial charge in [0.1, 0.15) is 22.7 Å². The largest absolute Gasteiger partial charge is 0.496 e. The fourth-order valence-electron chi connectivity index (χ4n) is 4.33. The van der Waals surface area contributed by atoms with Crippen molar-refractivity contribution in [1.82, 2.24) is 19.8 Å². The molecule has 0 spiro atoms. The number of para-hydroxylation sites is 1. The molecule has 0 aliphatic heterocycles. The summed E-state index contributed by atoms with van der Waals surface area (Å²) in [5, 5.41) is 16.8. The molecule has 1 aliphatic rings. The average molecular weight is 503 g/mol. The number of ether oxygens (including phenoxy) is 2. The Morgan fingerprint density at radius 3 is 2.25 bits per heavy atom. The number of carboxylic acids is 1. The number of tetrazole rings is 1. The molecular weight excluding hydrogens is 480 g/mol. The molecule has 190 valence electrons. The normalized spacial score (nSPS) is 13.9. The van der Waals surface area contributed by atoms with Gasteiger partial charge in [0.15, 0.2) is 11.6 Å². The highest BCUT2D eigenvalue weighted by Gasteiger charge is 2.34. The lowest BCUT2D eigenvalue weighted by molar-refractivity contribution is 0.0693. The van der Waals surface area contributed by atoms with Gasteiger partial charge in [-0.1, -0.05) is 25.3 Å². The van der Waals surface area contributed by atoms with E-state index in [4.69, 9.17) is 9.47 Å². The summed E-state index contributed by atoms with van der Waals surface area (Å²) in [4.78, 5) is 39.9. The Kier molecular flexibility index (Phi) is 6.99. The molecule has 1 N–H and O–H groups in total. The van der Waals surface area contributed by atoms with Crippen molar-refractivity contribution in [1.29, 1.82) is 0 Å². The molecule has 1 amide bonds. The topological polar surface area (TPSA) is 129 Å². The van der Waals surface area contributed by atoms with Gasteiger partial charge in [0.05, 0.1) is 19.9 Å². The number of nitrogens with zero attached hydrogens (tertiary/aromatic N) is 5. The fraction of sp³-hybridized carbons (Fsp3) is 0.348. The van der Waals surface area contributed by atoms with Crippen molar-refractivity contribution in [3.05, 3.63) is 58.0 Å². The van der Waals surface area contributed by atoms with E-state index in [1.807, 2.05) is 0 Å². The van der Waals surface area contributed by atoms with Crippen LogP contribution in [0.4, 0.5) is 19.3 Å². The highest BCUT2D eigenvalue weighted by Crippen LogP contribution is 2.39. The molecule has 2 aromatic carbocycles. The molecule has 3 aromatic rings. The highest BCUT2D eigenvalue weighted by molar-refractivity contribution is 5.99. The number of carboxylic acid groups (broad SMARTS) is 1. The number of carbonyl (C=O) groups is 2. The number of carbonyl (C=O) groups excluding carboxylic acids is 1. The van der Waals surface area contributed by atoms with Crippen LogP contribution in [-0.2, 0) is 0 Å². The molecule has 11 nitrogen and oxygen atoms in total. The molecule has 4 rings (SSSR count). The Bertz CT molecular complexity index is 1350. The van der Waals surface area contributed by atoms with Crippen LogP contribution in [0.5, 0.6) is 11.5 Å². The van der Waals surface area contributed by atoms with E-state index in [-0.39, 0.29) is 22.7 Å². The minimum atomic E-state index is -1.30. The van der Waals surface area contributed by atoms with Crippen molar-refractivity contribution < 1.29 is 33.0 Å². The van der Waals surface area contributed by atoms with E-state index < -0.39 is 41.1 Å². The molecule has 36 heavy (non-hydrogen) atoms. The van der Waals surface area contributed by atoms with Crippen molar-refractivity contribution in [2.45, 2.75) is 38.1 Å². The summed E-state index contributed by atoms with van der Waals surface area (Å²) < 4.78 is 39.9. The summed E-state index contributed by atoms with van der Waals surface area (Å²) >= 11 is 0. The Labute approximate surface area is 203 Å². The zero-order valence-corrected chi connectivity index (χ0v) is 19.5. The minimum absolute atomic E-state index is 0.0114. The number of amides is 1. The number of benzene rings is 2. The molecule has 1 aliphatic carbocycles. The van der Waals surface area contributed by atoms with Gasteiger partial charge in [-0.05, 0) is 41.5 Å². The van der Waals surface area contributed by atoms with Crippen molar-refractivity contribution in [3.8, 4) is 17.2 Å². The van der Waals surface area contributed by atoms with Gasteiger partial charge in [0, 0.05) is 12.1 Å². The predicted molar refractivity (Wildman–Crippen MR) is 122 cm³/mol. The first kappa shape index (κ1) is 24.8. The van der Waals surface area contributed by atoms with E-state index in [1.54, 1.807) is 0 Å². The van der Waals surface area contributed by atoms with Crippen LogP contribution in [0, 0.1) is 11.6 Å². The van der Waals surface area contributed by atoms with Gasteiger partial charge < -0.3 is 14.6 Å². The Morgan fingerprint density at radius 1 is 1.03 bits per heavy atom. The minimum Gasteiger partial charge on any atom is -0.496 e. The number of halogens is 2. The number of aromatic carboxylic acids is 1. The van der Waals surface area contributed by atoms with Gasteiger partial charge in [-0.25, -0.2) is 23.2 Å². The number of anilines is 1. The van der Waals surface area contributed by atoms with E-state index in [9.17, 15) is 28.3 Å². The Hall–Kier alpha value is -4.29. The first-order chi connectivity index (χ1) is 17.3. The second-order valence-electron chi connectivity index (χ2n) is 8.13. The summed E-state index contributed by atoms with van der Waals surface area (Å²) in [7, 11) is 2.64. The molecule has 0 saturated heterocycles. The first-order valence-corrected chi connectivity index (χ1v) is 11.1. The fourth-order valence-corrected chi connectivity index (χ4v) is 4.33. The van der Waals surface area contributed by atoms with Crippen LogP contribution >= 0.6 is 0 Å². The van der Waals surface area contributed by atoms with Crippen molar-refractivity contribution >= 4 is 17.7 Å². The summed E-state index contributed by atoms with van der Waals surface area (Å²) in [5.74, 6) is -3.30. The van der Waals surface area contributed by atoms with E-state index in [2.05, 4.69) is 10.4 Å². The molecular formula is C23H23F2N5O6. The maximum Gasteiger partial charge on any atom is 0.377 e. The number of methoxy groups -OCH3 is 2. The van der Waals surface area contributed by atoms with E-state index >= 15 is 0 Å². The Balaban J connectivity index is 1.87. The van der Waals surface area contributed by atoms with Crippen LogP contribution in [0.1, 0.15) is 42.5 Å². The smallest absolute Gasteiger partial charge is 0.377 e. The maximum absolute atomic E-state index is 14.3. The molecule has 13 heteroatoms. The van der Waals surface area contributed by atoms with E-state index in [0.717, 1.165) is 37.5 Å². The standard InChI is InChI=1S/C23H23F2N5O6/c1-35-18-12-19(36-2)17(11-14(18)21(31)32)28(13-7-4-3-5-8-13)22(33)30-23(34)29(26-27-30)20-15(24)9-6-10-16(20)25/h6,9-13H,3-5,7-8H2,1-2H3,(H,31,32). The predicted octanol–water partition coefficient (Wildman–Crippen LogP) is 3.23. The average Bonchev–Trinajstić information content (AvgIpc) is 3.25. The number of aromatic nitrogens is 4. The lowest BCUT2D eigenvalue weighted by Crippen LogP contribution is -2.47. The van der Waals surface area contributed by atoms with Gasteiger partial charge in [-0.15, -0.1) is 4.68 Å². The number of rotatable bonds is 6. The maximum atomic E-state index is 14.3. The summed E-state index contributed by atoms with van der Waals surface area (Å²) in [6.07, 6.45) is 3.66. The zero-order valence-electron chi connectivity index (χ0n) is 19.5. The molecule has 0 atom stereocenters. The van der Waals surface area contributed by atoms with Crippen molar-refractivity contribution in [2.24, 2.45) is 0 Å². The van der Waals surface area contributed by atoms with Gasteiger partial charge in [0.2, 0.25) is 0 Å². The molecule has 1 fully saturated rings.